The molecule has 0 saturated carbocycles. The standard InChI is InChI=1S/C16H13ClF3N7O2S/c17-13-11(30-15-23-24-25-26(15)8-10-2-1-5-29-10)7-22-27(14(13)28)12-4-3-9(6-21-12)16(18,19)20/h3-4,6-7,10H,1-2,5,8H2. The van der Waals surface area contributed by atoms with E-state index in [4.69, 9.17) is 16.3 Å². The second kappa shape index (κ2) is 8.32. The second-order valence-electron chi connectivity index (χ2n) is 6.32. The number of nitrogens with zero attached hydrogens (tertiary/aromatic N) is 7. The van der Waals surface area contributed by atoms with Gasteiger partial charge in [0, 0.05) is 12.8 Å². The van der Waals surface area contributed by atoms with Crippen molar-refractivity contribution in [3.05, 3.63) is 45.5 Å². The third-order valence-corrected chi connectivity index (χ3v) is 5.76. The number of rotatable bonds is 5. The summed E-state index contributed by atoms with van der Waals surface area (Å²) in [5.74, 6) is -0.0883. The van der Waals surface area contributed by atoms with E-state index in [0.29, 0.717) is 29.4 Å². The van der Waals surface area contributed by atoms with Crippen molar-refractivity contribution in [3.63, 3.8) is 0 Å². The Bertz CT molecular complexity index is 1100. The van der Waals surface area contributed by atoms with E-state index < -0.39 is 17.3 Å². The summed E-state index contributed by atoms with van der Waals surface area (Å²) in [5.41, 5.74) is -1.66. The van der Waals surface area contributed by atoms with Gasteiger partial charge < -0.3 is 4.74 Å². The molecule has 3 aromatic heterocycles. The molecule has 4 rings (SSSR count). The lowest BCUT2D eigenvalue weighted by Gasteiger charge is -2.11. The minimum atomic E-state index is -4.53. The minimum Gasteiger partial charge on any atom is -0.376 e. The molecule has 0 bridgehead atoms. The molecule has 0 amide bonds. The summed E-state index contributed by atoms with van der Waals surface area (Å²) in [6.07, 6.45) is -0.711. The highest BCUT2D eigenvalue weighted by atomic mass is 35.5. The van der Waals surface area contributed by atoms with E-state index in [2.05, 4.69) is 25.6 Å². The van der Waals surface area contributed by atoms with Crippen LogP contribution in [0.2, 0.25) is 5.02 Å². The first-order valence-corrected chi connectivity index (χ1v) is 9.89. The van der Waals surface area contributed by atoms with Gasteiger partial charge in [-0.25, -0.2) is 9.67 Å². The molecular weight excluding hydrogens is 447 g/mol. The maximum absolute atomic E-state index is 12.7. The molecule has 1 unspecified atom stereocenters. The molecule has 14 heteroatoms. The van der Waals surface area contributed by atoms with E-state index in [9.17, 15) is 18.0 Å². The Labute approximate surface area is 176 Å². The summed E-state index contributed by atoms with van der Waals surface area (Å²) in [5, 5.41) is 15.7. The number of aromatic nitrogens is 7. The Morgan fingerprint density at radius 1 is 1.30 bits per heavy atom. The molecule has 1 saturated heterocycles. The molecule has 0 spiro atoms. The zero-order valence-electron chi connectivity index (χ0n) is 15.1. The number of tetrazole rings is 1. The van der Waals surface area contributed by atoms with Crippen LogP contribution in [0, 0.1) is 0 Å². The Kier molecular flexibility index (Phi) is 5.75. The first-order chi connectivity index (χ1) is 14.3. The van der Waals surface area contributed by atoms with Gasteiger partial charge >= 0.3 is 6.18 Å². The fourth-order valence-corrected chi connectivity index (χ4v) is 3.81. The van der Waals surface area contributed by atoms with Crippen molar-refractivity contribution in [1.82, 2.24) is 35.0 Å². The van der Waals surface area contributed by atoms with Gasteiger partial charge in [0.15, 0.2) is 5.82 Å². The van der Waals surface area contributed by atoms with Crippen molar-refractivity contribution in [1.29, 1.82) is 0 Å². The lowest BCUT2D eigenvalue weighted by atomic mass is 10.2. The molecule has 30 heavy (non-hydrogen) atoms. The van der Waals surface area contributed by atoms with Gasteiger partial charge in [-0.3, -0.25) is 4.79 Å². The van der Waals surface area contributed by atoms with Crippen LogP contribution in [0.4, 0.5) is 13.2 Å². The van der Waals surface area contributed by atoms with Crippen molar-refractivity contribution in [2.75, 3.05) is 6.61 Å². The largest absolute Gasteiger partial charge is 0.417 e. The van der Waals surface area contributed by atoms with Gasteiger partial charge in [0.25, 0.3) is 5.56 Å². The average molecular weight is 460 g/mol. The van der Waals surface area contributed by atoms with E-state index in [1.807, 2.05) is 0 Å². The molecule has 4 heterocycles. The monoisotopic (exact) mass is 459 g/mol. The molecule has 158 valence electrons. The molecule has 0 aromatic carbocycles. The quantitative estimate of drug-likeness (QED) is 0.574. The van der Waals surface area contributed by atoms with Crippen LogP contribution in [0.15, 0.2) is 39.4 Å². The van der Waals surface area contributed by atoms with Gasteiger partial charge in [-0.05, 0) is 47.2 Å². The van der Waals surface area contributed by atoms with Crippen LogP contribution in [0.3, 0.4) is 0 Å². The molecule has 1 atom stereocenters. The lowest BCUT2D eigenvalue weighted by Crippen LogP contribution is -2.23. The van der Waals surface area contributed by atoms with Crippen molar-refractivity contribution in [2.24, 2.45) is 0 Å². The second-order valence-corrected chi connectivity index (χ2v) is 7.71. The number of pyridine rings is 1. The van der Waals surface area contributed by atoms with E-state index in [-0.39, 0.29) is 16.9 Å². The Hall–Kier alpha value is -2.51. The van der Waals surface area contributed by atoms with E-state index in [0.717, 1.165) is 41.4 Å². The van der Waals surface area contributed by atoms with Gasteiger partial charge in [-0.15, -0.1) is 5.10 Å². The number of alkyl halides is 3. The number of halogens is 4. The van der Waals surface area contributed by atoms with Gasteiger partial charge in [0.05, 0.1) is 29.3 Å². The summed E-state index contributed by atoms with van der Waals surface area (Å²) in [4.78, 5) is 16.5. The molecule has 0 aliphatic carbocycles. The number of hydrogen-bond acceptors (Lipinski definition) is 8. The topological polar surface area (TPSA) is 101 Å². The maximum atomic E-state index is 12.7. The fourth-order valence-electron chi connectivity index (χ4n) is 2.79. The molecule has 1 aliphatic rings. The SMILES string of the molecule is O=c1c(Cl)c(Sc2nnnn2CC2CCCO2)cnn1-c1ccc(C(F)(F)F)cn1. The molecule has 1 aliphatic heterocycles. The molecule has 3 aromatic rings. The summed E-state index contributed by atoms with van der Waals surface area (Å²) >= 11 is 7.24. The van der Waals surface area contributed by atoms with Crippen LogP contribution in [0.25, 0.3) is 5.82 Å². The minimum absolute atomic E-state index is 0.0141. The first kappa shape index (κ1) is 20.8. The van der Waals surface area contributed by atoms with Crippen LogP contribution in [-0.2, 0) is 17.5 Å². The number of ether oxygens (including phenoxy) is 1. The number of hydrogen-bond donors (Lipinski definition) is 0. The lowest BCUT2D eigenvalue weighted by molar-refractivity contribution is -0.137. The average Bonchev–Trinajstić information content (AvgIpc) is 3.38. The normalized spacial score (nSPS) is 16.9. The van der Waals surface area contributed by atoms with Crippen LogP contribution in [0.5, 0.6) is 0 Å². The molecule has 9 nitrogen and oxygen atoms in total. The highest BCUT2D eigenvalue weighted by molar-refractivity contribution is 7.99. The maximum Gasteiger partial charge on any atom is 0.417 e. The van der Waals surface area contributed by atoms with Crippen molar-refractivity contribution in [3.8, 4) is 5.82 Å². The highest BCUT2D eigenvalue weighted by Crippen LogP contribution is 2.31. The zero-order chi connectivity index (χ0) is 21.3. The molecule has 0 N–H and O–H groups in total. The van der Waals surface area contributed by atoms with Crippen LogP contribution in [0.1, 0.15) is 18.4 Å². The predicted octanol–water partition coefficient (Wildman–Crippen LogP) is 2.62. The van der Waals surface area contributed by atoms with E-state index in [1.165, 1.54) is 6.20 Å². The molecular formula is C16H13ClF3N7O2S. The van der Waals surface area contributed by atoms with Crippen molar-refractivity contribution >= 4 is 23.4 Å². The third-order valence-electron chi connectivity index (χ3n) is 4.28. The van der Waals surface area contributed by atoms with E-state index >= 15 is 0 Å². The Balaban J connectivity index is 1.57. The van der Waals surface area contributed by atoms with Crippen LogP contribution in [-0.4, -0.2) is 47.7 Å². The summed E-state index contributed by atoms with van der Waals surface area (Å²) < 4.78 is 46.0. The highest BCUT2D eigenvalue weighted by Gasteiger charge is 2.31. The van der Waals surface area contributed by atoms with Gasteiger partial charge in [-0.1, -0.05) is 11.6 Å². The zero-order valence-corrected chi connectivity index (χ0v) is 16.7. The van der Waals surface area contributed by atoms with Crippen LogP contribution < -0.4 is 5.56 Å². The van der Waals surface area contributed by atoms with Crippen LogP contribution >= 0.6 is 23.4 Å². The summed E-state index contributed by atoms with van der Waals surface area (Å²) in [7, 11) is 0. The molecule has 1 fully saturated rings. The molecule has 0 radical (unpaired) electrons. The van der Waals surface area contributed by atoms with Crippen molar-refractivity contribution in [2.45, 2.75) is 41.7 Å². The predicted molar refractivity (Wildman–Crippen MR) is 98.6 cm³/mol. The summed E-state index contributed by atoms with van der Waals surface area (Å²) in [6.45, 7) is 1.16. The smallest absolute Gasteiger partial charge is 0.376 e. The third kappa shape index (κ3) is 4.32. The Morgan fingerprint density at radius 3 is 2.80 bits per heavy atom. The van der Waals surface area contributed by atoms with Gasteiger partial charge in [0.2, 0.25) is 5.16 Å². The first-order valence-electron chi connectivity index (χ1n) is 8.70. The van der Waals surface area contributed by atoms with Gasteiger partial charge in [-0.2, -0.15) is 23.0 Å². The van der Waals surface area contributed by atoms with E-state index in [1.54, 1.807) is 4.68 Å². The Morgan fingerprint density at radius 2 is 2.13 bits per heavy atom. The fraction of sp³-hybridized carbons (Fsp3) is 0.375. The van der Waals surface area contributed by atoms with Crippen molar-refractivity contribution < 1.29 is 17.9 Å². The van der Waals surface area contributed by atoms with Gasteiger partial charge in [0.1, 0.15) is 5.02 Å². The summed E-state index contributed by atoms with van der Waals surface area (Å²) in [6, 6.07) is 1.86.